The molecule has 0 aliphatic rings. The molecular weight excluding hydrogens is 292 g/mol. The van der Waals surface area contributed by atoms with Crippen LogP contribution in [-0.4, -0.2) is 33.4 Å². The van der Waals surface area contributed by atoms with Crippen molar-refractivity contribution < 1.29 is 9.53 Å². The smallest absolute Gasteiger partial charge is 0.226 e. The highest BCUT2D eigenvalue weighted by Gasteiger charge is 2.08. The highest BCUT2D eigenvalue weighted by Crippen LogP contribution is 2.14. The summed E-state index contributed by atoms with van der Waals surface area (Å²) >= 11 is 0. The second-order valence-electron chi connectivity index (χ2n) is 6.03. The number of nitrogens with one attached hydrogen (secondary N) is 1. The third kappa shape index (κ3) is 5.83. The van der Waals surface area contributed by atoms with Gasteiger partial charge in [-0.15, -0.1) is 10.2 Å². The maximum atomic E-state index is 12.0. The van der Waals surface area contributed by atoms with E-state index in [-0.39, 0.29) is 12.0 Å². The standard InChI is InChI=1S/C17H24N4O2/c1-13(2)9-14(3)23-8-7-17(22)20-15-5-4-6-16(10-15)21-11-18-19-12-21/h4-6,10-14H,7-9H2,1-3H3,(H,20,22)/t14-/m0/s1. The molecule has 0 radical (unpaired) electrons. The number of rotatable bonds is 8. The zero-order valence-electron chi connectivity index (χ0n) is 13.9. The van der Waals surface area contributed by atoms with E-state index in [2.05, 4.69) is 29.4 Å². The van der Waals surface area contributed by atoms with E-state index in [9.17, 15) is 4.79 Å². The number of amides is 1. The van der Waals surface area contributed by atoms with Crippen LogP contribution in [0, 0.1) is 5.92 Å². The Morgan fingerprint density at radius 2 is 2.00 bits per heavy atom. The van der Waals surface area contributed by atoms with Crippen LogP contribution in [0.4, 0.5) is 5.69 Å². The maximum absolute atomic E-state index is 12.0. The number of hydrogen-bond donors (Lipinski definition) is 1. The molecule has 0 spiro atoms. The highest BCUT2D eigenvalue weighted by atomic mass is 16.5. The van der Waals surface area contributed by atoms with Crippen molar-refractivity contribution in [2.75, 3.05) is 11.9 Å². The molecule has 0 unspecified atom stereocenters. The Bertz CT molecular complexity index is 611. The second kappa shape index (κ2) is 8.43. The average Bonchev–Trinajstić information content (AvgIpc) is 3.01. The minimum atomic E-state index is -0.0531. The molecule has 2 aromatic rings. The minimum absolute atomic E-state index is 0.0531. The molecule has 6 heteroatoms. The first-order chi connectivity index (χ1) is 11.0. The van der Waals surface area contributed by atoms with E-state index in [1.165, 1.54) is 0 Å². The van der Waals surface area contributed by atoms with Gasteiger partial charge in [0.25, 0.3) is 0 Å². The summed E-state index contributed by atoms with van der Waals surface area (Å²) in [5.74, 6) is 0.543. The van der Waals surface area contributed by atoms with Crippen molar-refractivity contribution in [2.24, 2.45) is 5.92 Å². The number of anilines is 1. The Morgan fingerprint density at radius 3 is 2.70 bits per heavy atom. The zero-order chi connectivity index (χ0) is 16.7. The predicted octanol–water partition coefficient (Wildman–Crippen LogP) is 3.05. The Hall–Kier alpha value is -2.21. The van der Waals surface area contributed by atoms with E-state index in [4.69, 9.17) is 4.74 Å². The van der Waals surface area contributed by atoms with Crippen molar-refractivity contribution in [2.45, 2.75) is 39.7 Å². The van der Waals surface area contributed by atoms with Crippen molar-refractivity contribution in [1.29, 1.82) is 0 Å². The van der Waals surface area contributed by atoms with Crippen LogP contribution in [0.3, 0.4) is 0 Å². The van der Waals surface area contributed by atoms with Crippen molar-refractivity contribution in [3.63, 3.8) is 0 Å². The summed E-state index contributed by atoms with van der Waals surface area (Å²) < 4.78 is 7.45. The van der Waals surface area contributed by atoms with Gasteiger partial charge in [0.2, 0.25) is 5.91 Å². The Kier molecular flexibility index (Phi) is 6.29. The summed E-state index contributed by atoms with van der Waals surface area (Å²) in [4.78, 5) is 12.0. The molecule has 1 aromatic carbocycles. The van der Waals surface area contributed by atoms with Gasteiger partial charge < -0.3 is 10.1 Å². The largest absolute Gasteiger partial charge is 0.378 e. The molecule has 0 aliphatic heterocycles. The number of aromatic nitrogens is 3. The lowest BCUT2D eigenvalue weighted by molar-refractivity contribution is -0.117. The third-order valence-corrected chi connectivity index (χ3v) is 3.38. The Balaban J connectivity index is 1.80. The van der Waals surface area contributed by atoms with Crippen molar-refractivity contribution in [3.05, 3.63) is 36.9 Å². The van der Waals surface area contributed by atoms with Gasteiger partial charge in [-0.2, -0.15) is 0 Å². The van der Waals surface area contributed by atoms with E-state index in [0.29, 0.717) is 18.9 Å². The molecule has 1 atom stereocenters. The second-order valence-corrected chi connectivity index (χ2v) is 6.03. The quantitative estimate of drug-likeness (QED) is 0.812. The number of ether oxygens (including phenoxy) is 1. The molecule has 1 heterocycles. The fourth-order valence-electron chi connectivity index (χ4n) is 2.39. The van der Waals surface area contributed by atoms with Gasteiger partial charge in [0.15, 0.2) is 0 Å². The fraction of sp³-hybridized carbons (Fsp3) is 0.471. The van der Waals surface area contributed by atoms with E-state index in [1.807, 2.05) is 31.2 Å². The fourth-order valence-corrected chi connectivity index (χ4v) is 2.39. The molecule has 1 amide bonds. The monoisotopic (exact) mass is 316 g/mol. The predicted molar refractivity (Wildman–Crippen MR) is 89.5 cm³/mol. The molecule has 1 N–H and O–H groups in total. The topological polar surface area (TPSA) is 69.0 Å². The molecule has 0 bridgehead atoms. The molecule has 0 saturated heterocycles. The van der Waals surface area contributed by atoms with Crippen molar-refractivity contribution in [1.82, 2.24) is 14.8 Å². The summed E-state index contributed by atoms with van der Waals surface area (Å²) in [6.45, 7) is 6.80. The molecule has 1 aromatic heterocycles. The molecular formula is C17H24N4O2. The van der Waals surface area contributed by atoms with Crippen LogP contribution >= 0.6 is 0 Å². The van der Waals surface area contributed by atoms with Gasteiger partial charge in [-0.1, -0.05) is 19.9 Å². The lowest BCUT2D eigenvalue weighted by Crippen LogP contribution is -2.18. The van der Waals surface area contributed by atoms with Crippen LogP contribution in [0.2, 0.25) is 0 Å². The maximum Gasteiger partial charge on any atom is 0.226 e. The van der Waals surface area contributed by atoms with Crippen LogP contribution in [-0.2, 0) is 9.53 Å². The molecule has 124 valence electrons. The van der Waals surface area contributed by atoms with Crippen LogP contribution in [0.5, 0.6) is 0 Å². The van der Waals surface area contributed by atoms with Crippen molar-refractivity contribution in [3.8, 4) is 5.69 Å². The summed E-state index contributed by atoms with van der Waals surface area (Å²) in [5, 5.41) is 10.4. The average molecular weight is 316 g/mol. The van der Waals surface area contributed by atoms with E-state index < -0.39 is 0 Å². The summed E-state index contributed by atoms with van der Waals surface area (Å²) in [6, 6.07) is 7.54. The van der Waals surface area contributed by atoms with Crippen LogP contribution in [0.1, 0.15) is 33.6 Å². The first kappa shape index (κ1) is 17.1. The minimum Gasteiger partial charge on any atom is -0.378 e. The molecule has 2 rings (SSSR count). The zero-order valence-corrected chi connectivity index (χ0v) is 13.9. The third-order valence-electron chi connectivity index (χ3n) is 3.38. The van der Waals surface area contributed by atoms with E-state index in [0.717, 1.165) is 17.8 Å². The lowest BCUT2D eigenvalue weighted by Gasteiger charge is -2.15. The first-order valence-electron chi connectivity index (χ1n) is 7.91. The molecule has 6 nitrogen and oxygen atoms in total. The van der Waals surface area contributed by atoms with Crippen molar-refractivity contribution >= 4 is 11.6 Å². The van der Waals surface area contributed by atoms with Crippen LogP contribution < -0.4 is 5.32 Å². The molecule has 0 saturated carbocycles. The molecule has 23 heavy (non-hydrogen) atoms. The van der Waals surface area contributed by atoms with Crippen LogP contribution in [0.15, 0.2) is 36.9 Å². The normalized spacial score (nSPS) is 12.3. The number of carbonyl (C=O) groups is 1. The molecule has 0 aliphatic carbocycles. The van der Waals surface area contributed by atoms with Gasteiger partial charge in [-0.05, 0) is 37.5 Å². The first-order valence-corrected chi connectivity index (χ1v) is 7.91. The lowest BCUT2D eigenvalue weighted by atomic mass is 10.1. The van der Waals surface area contributed by atoms with Gasteiger partial charge in [0.1, 0.15) is 12.7 Å². The van der Waals surface area contributed by atoms with Crippen LogP contribution in [0.25, 0.3) is 5.69 Å². The van der Waals surface area contributed by atoms with Gasteiger partial charge in [0.05, 0.1) is 24.8 Å². The van der Waals surface area contributed by atoms with Gasteiger partial charge >= 0.3 is 0 Å². The number of carbonyl (C=O) groups excluding carboxylic acids is 1. The Labute approximate surface area is 136 Å². The number of nitrogens with zero attached hydrogens (tertiary/aromatic N) is 3. The SMILES string of the molecule is CC(C)C[C@H](C)OCCC(=O)Nc1cccc(-n2cnnc2)c1. The van der Waals surface area contributed by atoms with E-state index >= 15 is 0 Å². The summed E-state index contributed by atoms with van der Waals surface area (Å²) in [6.07, 6.45) is 4.76. The summed E-state index contributed by atoms with van der Waals surface area (Å²) in [5.41, 5.74) is 1.64. The van der Waals surface area contributed by atoms with Gasteiger partial charge in [0, 0.05) is 5.69 Å². The van der Waals surface area contributed by atoms with E-state index in [1.54, 1.807) is 17.2 Å². The molecule has 0 fully saturated rings. The number of hydrogen-bond acceptors (Lipinski definition) is 4. The Morgan fingerprint density at radius 1 is 1.26 bits per heavy atom. The van der Waals surface area contributed by atoms with Gasteiger partial charge in [-0.25, -0.2) is 0 Å². The number of benzene rings is 1. The van der Waals surface area contributed by atoms with Gasteiger partial charge in [-0.3, -0.25) is 9.36 Å². The highest BCUT2D eigenvalue weighted by molar-refractivity contribution is 5.91. The summed E-state index contributed by atoms with van der Waals surface area (Å²) in [7, 11) is 0.